The number of rotatable bonds is 3. The van der Waals surface area contributed by atoms with Crippen molar-refractivity contribution in [2.24, 2.45) is 0 Å². The van der Waals surface area contributed by atoms with Crippen molar-refractivity contribution >= 4 is 16.8 Å². The number of hydrogen-bond acceptors (Lipinski definition) is 2. The summed E-state index contributed by atoms with van der Waals surface area (Å²) in [6.45, 7) is 2.94. The fraction of sp³-hybridized carbons (Fsp3) is 0.250. The molecule has 1 amide bonds. The van der Waals surface area contributed by atoms with Crippen molar-refractivity contribution in [1.82, 2.24) is 19.7 Å². The van der Waals surface area contributed by atoms with E-state index in [9.17, 15) is 18.0 Å². The van der Waals surface area contributed by atoms with E-state index in [1.165, 1.54) is 12.3 Å². The molecule has 1 aliphatic rings. The Labute approximate surface area is 182 Å². The van der Waals surface area contributed by atoms with E-state index in [1.54, 1.807) is 21.8 Å². The lowest BCUT2D eigenvalue weighted by atomic mass is 9.91. The number of hydrogen-bond donors (Lipinski definition) is 1. The molecule has 1 aliphatic heterocycles. The van der Waals surface area contributed by atoms with Gasteiger partial charge in [0.25, 0.3) is 5.91 Å². The first-order valence-corrected chi connectivity index (χ1v) is 10.5. The molecule has 0 saturated carbocycles. The topological polar surface area (TPSA) is 53.9 Å². The largest absolute Gasteiger partial charge is 0.416 e. The number of para-hydroxylation sites is 1. The highest BCUT2D eigenvalue weighted by atomic mass is 19.4. The number of aromatic nitrogens is 3. The Morgan fingerprint density at radius 2 is 2.00 bits per heavy atom. The molecule has 0 fully saturated rings. The van der Waals surface area contributed by atoms with E-state index in [-0.39, 0.29) is 5.91 Å². The molecule has 5 nitrogen and oxygen atoms in total. The molecule has 8 heteroatoms. The number of amides is 1. The van der Waals surface area contributed by atoms with Crippen LogP contribution in [0, 0.1) is 0 Å². The van der Waals surface area contributed by atoms with Crippen LogP contribution in [-0.4, -0.2) is 32.1 Å². The fourth-order valence-electron chi connectivity index (χ4n) is 4.50. The van der Waals surface area contributed by atoms with Crippen molar-refractivity contribution in [2.75, 3.05) is 6.54 Å². The Morgan fingerprint density at radius 1 is 1.19 bits per heavy atom. The zero-order valence-electron chi connectivity index (χ0n) is 17.4. The van der Waals surface area contributed by atoms with E-state index >= 15 is 0 Å². The number of aromatic amines is 1. The molecule has 1 N–H and O–H groups in total. The van der Waals surface area contributed by atoms with Crippen LogP contribution >= 0.6 is 0 Å². The van der Waals surface area contributed by atoms with Gasteiger partial charge in [0.1, 0.15) is 0 Å². The van der Waals surface area contributed by atoms with Gasteiger partial charge in [-0.05, 0) is 42.7 Å². The number of aryl methyl sites for hydroxylation is 1. The number of alkyl halides is 3. The van der Waals surface area contributed by atoms with E-state index < -0.39 is 17.8 Å². The Balaban J connectivity index is 1.66. The van der Waals surface area contributed by atoms with Crippen LogP contribution in [0.1, 0.15) is 45.7 Å². The quantitative estimate of drug-likeness (QED) is 0.479. The van der Waals surface area contributed by atoms with Gasteiger partial charge in [0, 0.05) is 35.9 Å². The highest BCUT2D eigenvalue weighted by molar-refractivity contribution is 5.95. The summed E-state index contributed by atoms with van der Waals surface area (Å²) in [5.74, 6) is -0.253. The first-order chi connectivity index (χ1) is 15.4. The lowest BCUT2D eigenvalue weighted by Crippen LogP contribution is -2.40. The zero-order valence-corrected chi connectivity index (χ0v) is 17.4. The molecule has 1 atom stereocenters. The summed E-state index contributed by atoms with van der Waals surface area (Å²) in [4.78, 5) is 18.5. The second-order valence-electron chi connectivity index (χ2n) is 7.92. The second kappa shape index (κ2) is 7.55. The van der Waals surface area contributed by atoms with Gasteiger partial charge < -0.3 is 9.88 Å². The maximum absolute atomic E-state index is 13.5. The fourth-order valence-corrected chi connectivity index (χ4v) is 4.50. The lowest BCUT2D eigenvalue weighted by molar-refractivity contribution is -0.137. The van der Waals surface area contributed by atoms with Gasteiger partial charge in [0.05, 0.1) is 23.4 Å². The SMILES string of the molecule is CCn1cc(C(=O)N2CCc3c([nH]c4ccccc34)[C@H]2c2cccc(C(F)(F)F)c2)cn1. The third kappa shape index (κ3) is 3.36. The van der Waals surface area contributed by atoms with Crippen LogP contribution in [0.3, 0.4) is 0 Å². The van der Waals surface area contributed by atoms with Crippen molar-refractivity contribution in [3.05, 3.63) is 88.9 Å². The minimum Gasteiger partial charge on any atom is -0.356 e. The molecule has 0 unspecified atom stereocenters. The molecule has 3 heterocycles. The maximum atomic E-state index is 13.5. The Morgan fingerprint density at radius 3 is 2.75 bits per heavy atom. The molecule has 0 saturated heterocycles. The number of nitrogens with zero attached hydrogens (tertiary/aromatic N) is 3. The van der Waals surface area contributed by atoms with Gasteiger partial charge in [-0.1, -0.05) is 30.3 Å². The van der Waals surface area contributed by atoms with Crippen LogP contribution in [0.25, 0.3) is 10.9 Å². The first kappa shape index (κ1) is 20.4. The minimum atomic E-state index is -4.47. The Bertz CT molecular complexity index is 1300. The van der Waals surface area contributed by atoms with Crippen molar-refractivity contribution in [3.63, 3.8) is 0 Å². The molecule has 0 radical (unpaired) electrons. The summed E-state index contributed by atoms with van der Waals surface area (Å²) >= 11 is 0. The van der Waals surface area contributed by atoms with Gasteiger partial charge in [-0.25, -0.2) is 0 Å². The highest BCUT2D eigenvalue weighted by Crippen LogP contribution is 2.40. The van der Waals surface area contributed by atoms with Gasteiger partial charge in [-0.2, -0.15) is 18.3 Å². The number of benzene rings is 2. The van der Waals surface area contributed by atoms with E-state index in [0.717, 1.165) is 34.3 Å². The van der Waals surface area contributed by atoms with Crippen molar-refractivity contribution in [2.45, 2.75) is 32.1 Å². The van der Waals surface area contributed by atoms with Crippen LogP contribution in [0.15, 0.2) is 60.9 Å². The number of H-pyrrole nitrogens is 1. The molecular weight excluding hydrogens is 417 g/mol. The molecule has 0 bridgehead atoms. The normalized spacial score (nSPS) is 16.4. The van der Waals surface area contributed by atoms with Crippen LogP contribution in [0.2, 0.25) is 0 Å². The molecular formula is C24H21F3N4O. The third-order valence-electron chi connectivity index (χ3n) is 6.03. The monoisotopic (exact) mass is 438 g/mol. The van der Waals surface area contributed by atoms with Crippen LogP contribution in [0.4, 0.5) is 13.2 Å². The number of halogens is 3. The van der Waals surface area contributed by atoms with E-state index in [1.807, 2.05) is 31.2 Å². The maximum Gasteiger partial charge on any atom is 0.416 e. The van der Waals surface area contributed by atoms with Gasteiger partial charge in [-0.3, -0.25) is 9.48 Å². The summed E-state index contributed by atoms with van der Waals surface area (Å²) in [6.07, 6.45) is -0.671. The van der Waals surface area contributed by atoms with E-state index in [4.69, 9.17) is 0 Å². The lowest BCUT2D eigenvalue weighted by Gasteiger charge is -2.36. The molecule has 5 rings (SSSR count). The zero-order chi connectivity index (χ0) is 22.5. The second-order valence-corrected chi connectivity index (χ2v) is 7.92. The summed E-state index contributed by atoms with van der Waals surface area (Å²) in [7, 11) is 0. The van der Waals surface area contributed by atoms with Gasteiger partial charge >= 0.3 is 6.18 Å². The van der Waals surface area contributed by atoms with Crippen LogP contribution < -0.4 is 0 Å². The summed E-state index contributed by atoms with van der Waals surface area (Å²) in [5.41, 5.74) is 2.81. The molecule has 2 aromatic carbocycles. The summed E-state index contributed by atoms with van der Waals surface area (Å²) < 4.78 is 42.0. The van der Waals surface area contributed by atoms with Crippen molar-refractivity contribution in [1.29, 1.82) is 0 Å². The molecule has 0 aliphatic carbocycles. The average molecular weight is 438 g/mol. The predicted molar refractivity (Wildman–Crippen MR) is 114 cm³/mol. The minimum absolute atomic E-state index is 0.253. The number of fused-ring (bicyclic) bond motifs is 3. The number of carbonyl (C=O) groups is 1. The molecule has 4 aromatic rings. The number of carbonyl (C=O) groups excluding carboxylic acids is 1. The molecule has 32 heavy (non-hydrogen) atoms. The van der Waals surface area contributed by atoms with E-state index in [2.05, 4.69) is 10.1 Å². The summed E-state index contributed by atoms with van der Waals surface area (Å²) in [5, 5.41) is 5.22. The van der Waals surface area contributed by atoms with Crippen LogP contribution in [0.5, 0.6) is 0 Å². The third-order valence-corrected chi connectivity index (χ3v) is 6.03. The van der Waals surface area contributed by atoms with Crippen LogP contribution in [-0.2, 0) is 19.1 Å². The van der Waals surface area contributed by atoms with Gasteiger partial charge in [0.15, 0.2) is 0 Å². The van der Waals surface area contributed by atoms with Gasteiger partial charge in [0.2, 0.25) is 0 Å². The van der Waals surface area contributed by atoms with Crippen molar-refractivity contribution in [3.8, 4) is 0 Å². The van der Waals surface area contributed by atoms with E-state index in [0.29, 0.717) is 30.6 Å². The van der Waals surface area contributed by atoms with Gasteiger partial charge in [-0.15, -0.1) is 0 Å². The Kier molecular flexibility index (Phi) is 4.80. The predicted octanol–water partition coefficient (Wildman–Crippen LogP) is 5.19. The molecule has 2 aromatic heterocycles. The summed E-state index contributed by atoms with van der Waals surface area (Å²) in [6, 6.07) is 12.4. The Hall–Kier alpha value is -3.55. The molecule has 0 spiro atoms. The standard InChI is InChI=1S/C24H21F3N4O/c1-2-30-14-16(13-28-30)23(32)31-11-10-19-18-8-3-4-9-20(18)29-21(19)22(31)15-6-5-7-17(12-15)24(25,26)27/h3-9,12-14,22,29H,2,10-11H2,1H3/t22-/m1/s1. The smallest absolute Gasteiger partial charge is 0.356 e. The highest BCUT2D eigenvalue weighted by Gasteiger charge is 2.37. The van der Waals surface area contributed by atoms with Crippen molar-refractivity contribution < 1.29 is 18.0 Å². The molecule has 164 valence electrons. The number of nitrogens with one attached hydrogen (secondary N) is 1. The average Bonchev–Trinajstić information content (AvgIpc) is 3.42. The first-order valence-electron chi connectivity index (χ1n) is 10.5.